The minimum Gasteiger partial charge on any atom is -0.369 e. The maximum absolute atomic E-state index is 12.8. The van der Waals surface area contributed by atoms with Gasteiger partial charge in [-0.3, -0.25) is 19.4 Å². The lowest BCUT2D eigenvalue weighted by atomic mass is 9.91. The third kappa shape index (κ3) is 6.27. The van der Waals surface area contributed by atoms with Gasteiger partial charge < -0.3 is 15.1 Å². The number of benzene rings is 1. The zero-order chi connectivity index (χ0) is 23.2. The molecule has 1 saturated carbocycles. The predicted octanol–water partition coefficient (Wildman–Crippen LogP) is 2.28. The molecular formula is C26H41N5O2. The van der Waals surface area contributed by atoms with Gasteiger partial charge in [-0.15, -0.1) is 0 Å². The highest BCUT2D eigenvalue weighted by atomic mass is 16.2. The molecule has 3 fully saturated rings. The van der Waals surface area contributed by atoms with Crippen molar-refractivity contribution < 1.29 is 9.59 Å². The van der Waals surface area contributed by atoms with Gasteiger partial charge in [-0.25, -0.2) is 0 Å². The lowest BCUT2D eigenvalue weighted by molar-refractivity contribution is -0.134. The summed E-state index contributed by atoms with van der Waals surface area (Å²) >= 11 is 0. The van der Waals surface area contributed by atoms with Crippen molar-refractivity contribution in [1.29, 1.82) is 0 Å². The largest absolute Gasteiger partial charge is 0.369 e. The first kappa shape index (κ1) is 24.0. The number of nitrogens with one attached hydrogen (secondary N) is 1. The van der Waals surface area contributed by atoms with Crippen molar-refractivity contribution in [3.63, 3.8) is 0 Å². The molecule has 2 amide bonds. The first-order chi connectivity index (χ1) is 16.0. The number of carbonyl (C=O) groups is 2. The normalized spacial score (nSPS) is 21.5. The molecule has 1 aliphatic carbocycles. The molecule has 3 aliphatic rings. The monoisotopic (exact) mass is 455 g/mol. The van der Waals surface area contributed by atoms with Crippen LogP contribution in [0.5, 0.6) is 0 Å². The highest BCUT2D eigenvalue weighted by molar-refractivity contribution is 5.94. The number of carbonyl (C=O) groups excluding carboxylic acids is 2. The summed E-state index contributed by atoms with van der Waals surface area (Å²) in [5, 5.41) is 3.02. The number of hydrogen-bond donors (Lipinski definition) is 1. The van der Waals surface area contributed by atoms with Crippen molar-refractivity contribution in [1.82, 2.24) is 20.0 Å². The van der Waals surface area contributed by atoms with Gasteiger partial charge in [0.25, 0.3) is 5.91 Å². The van der Waals surface area contributed by atoms with Crippen LogP contribution in [0.3, 0.4) is 0 Å². The summed E-state index contributed by atoms with van der Waals surface area (Å²) in [7, 11) is 0. The van der Waals surface area contributed by atoms with E-state index in [4.69, 9.17) is 0 Å². The molecule has 7 heteroatoms. The van der Waals surface area contributed by atoms with Crippen LogP contribution in [0.4, 0.5) is 5.69 Å². The Hall–Kier alpha value is -2.12. The van der Waals surface area contributed by atoms with E-state index in [2.05, 4.69) is 38.8 Å². The fraction of sp³-hybridized carbons (Fsp3) is 0.692. The van der Waals surface area contributed by atoms with Crippen LogP contribution >= 0.6 is 0 Å². The summed E-state index contributed by atoms with van der Waals surface area (Å²) in [5.74, 6) is 0.775. The van der Waals surface area contributed by atoms with Crippen molar-refractivity contribution in [2.45, 2.75) is 45.6 Å². The van der Waals surface area contributed by atoms with Crippen LogP contribution in [0.1, 0.15) is 49.9 Å². The molecule has 1 aromatic carbocycles. The fourth-order valence-electron chi connectivity index (χ4n) is 4.88. The SMILES string of the molecule is CCC(C)CNC(=O)c1ccc(N2CCN(CC(=O)N3CCN(C4CCC4)CC3)CC2)cc1. The van der Waals surface area contributed by atoms with E-state index in [-0.39, 0.29) is 11.8 Å². The van der Waals surface area contributed by atoms with Gasteiger partial charge in [0.15, 0.2) is 0 Å². The third-order valence-corrected chi connectivity index (χ3v) is 7.79. The van der Waals surface area contributed by atoms with Gasteiger partial charge in [0, 0.05) is 76.2 Å². The summed E-state index contributed by atoms with van der Waals surface area (Å²) in [5.41, 5.74) is 1.86. The second kappa shape index (κ2) is 11.3. The molecule has 0 bridgehead atoms. The standard InChI is InChI=1S/C26H41N5O2/c1-3-21(2)19-27-26(33)22-7-9-24(10-8-22)29-13-11-28(12-14-29)20-25(32)31-17-15-30(16-18-31)23-5-4-6-23/h7-10,21,23H,3-6,11-20H2,1-2H3,(H,27,33). The first-order valence-electron chi connectivity index (χ1n) is 12.9. The van der Waals surface area contributed by atoms with Gasteiger partial charge >= 0.3 is 0 Å². The van der Waals surface area contributed by atoms with E-state index in [0.29, 0.717) is 24.6 Å². The summed E-state index contributed by atoms with van der Waals surface area (Å²) in [6.45, 7) is 13.0. The van der Waals surface area contributed by atoms with E-state index in [0.717, 1.165) is 70.5 Å². The van der Waals surface area contributed by atoms with Crippen molar-refractivity contribution in [3.05, 3.63) is 29.8 Å². The molecular weight excluding hydrogens is 414 g/mol. The molecule has 2 heterocycles. The zero-order valence-corrected chi connectivity index (χ0v) is 20.5. The molecule has 7 nitrogen and oxygen atoms in total. The second-order valence-corrected chi connectivity index (χ2v) is 10.0. The van der Waals surface area contributed by atoms with Gasteiger partial charge in [0.2, 0.25) is 5.91 Å². The molecule has 1 N–H and O–H groups in total. The quantitative estimate of drug-likeness (QED) is 0.652. The molecule has 0 aromatic heterocycles. The summed E-state index contributed by atoms with van der Waals surface area (Å²) < 4.78 is 0. The van der Waals surface area contributed by atoms with Gasteiger partial charge in [0.1, 0.15) is 0 Å². The van der Waals surface area contributed by atoms with Crippen LogP contribution in [0.15, 0.2) is 24.3 Å². The number of nitrogens with zero attached hydrogens (tertiary/aromatic N) is 4. The number of piperazine rings is 2. The van der Waals surface area contributed by atoms with Crippen LogP contribution in [-0.2, 0) is 4.79 Å². The maximum atomic E-state index is 12.8. The Morgan fingerprint density at radius 3 is 2.21 bits per heavy atom. The van der Waals surface area contributed by atoms with Crippen LogP contribution in [0, 0.1) is 5.92 Å². The Morgan fingerprint density at radius 1 is 0.970 bits per heavy atom. The van der Waals surface area contributed by atoms with Crippen LogP contribution in [-0.4, -0.2) is 98.0 Å². The molecule has 0 spiro atoms. The van der Waals surface area contributed by atoms with E-state index >= 15 is 0 Å². The first-order valence-corrected chi connectivity index (χ1v) is 12.9. The van der Waals surface area contributed by atoms with E-state index in [9.17, 15) is 9.59 Å². The van der Waals surface area contributed by atoms with E-state index in [1.165, 1.54) is 19.3 Å². The van der Waals surface area contributed by atoms with Gasteiger partial charge in [-0.05, 0) is 43.0 Å². The molecule has 4 rings (SSSR count). The lowest BCUT2D eigenvalue weighted by Crippen LogP contribution is -2.56. The molecule has 2 saturated heterocycles. The topological polar surface area (TPSA) is 59.1 Å². The van der Waals surface area contributed by atoms with Crippen LogP contribution in [0.2, 0.25) is 0 Å². The number of hydrogen-bond acceptors (Lipinski definition) is 5. The highest BCUT2D eigenvalue weighted by Gasteiger charge is 2.30. The Balaban J connectivity index is 1.18. The number of anilines is 1. The Morgan fingerprint density at radius 2 is 1.64 bits per heavy atom. The average Bonchev–Trinajstić information content (AvgIpc) is 2.82. The van der Waals surface area contributed by atoms with Crippen molar-refractivity contribution in [2.24, 2.45) is 5.92 Å². The minimum atomic E-state index is -0.00120. The van der Waals surface area contributed by atoms with Crippen molar-refractivity contribution >= 4 is 17.5 Å². The molecule has 1 atom stereocenters. The Kier molecular flexibility index (Phi) is 8.25. The number of amides is 2. The summed E-state index contributed by atoms with van der Waals surface area (Å²) in [6, 6.07) is 8.70. The number of rotatable bonds is 8. The Labute approximate surface area is 199 Å². The molecule has 182 valence electrons. The van der Waals surface area contributed by atoms with Crippen LogP contribution in [0.25, 0.3) is 0 Å². The van der Waals surface area contributed by atoms with E-state index < -0.39 is 0 Å². The summed E-state index contributed by atoms with van der Waals surface area (Å²) in [4.78, 5) is 34.4. The van der Waals surface area contributed by atoms with Gasteiger partial charge in [-0.1, -0.05) is 26.7 Å². The molecule has 0 radical (unpaired) electrons. The molecule has 1 aromatic rings. The maximum Gasteiger partial charge on any atom is 0.251 e. The average molecular weight is 456 g/mol. The predicted molar refractivity (Wildman–Crippen MR) is 133 cm³/mol. The van der Waals surface area contributed by atoms with E-state index in [1.807, 2.05) is 24.3 Å². The zero-order valence-electron chi connectivity index (χ0n) is 20.5. The molecule has 33 heavy (non-hydrogen) atoms. The van der Waals surface area contributed by atoms with E-state index in [1.54, 1.807) is 0 Å². The molecule has 2 aliphatic heterocycles. The Bertz CT molecular complexity index is 778. The van der Waals surface area contributed by atoms with Gasteiger partial charge in [0.05, 0.1) is 6.54 Å². The van der Waals surface area contributed by atoms with Gasteiger partial charge in [-0.2, -0.15) is 0 Å². The van der Waals surface area contributed by atoms with Crippen molar-refractivity contribution in [2.75, 3.05) is 70.3 Å². The fourth-order valence-corrected chi connectivity index (χ4v) is 4.88. The smallest absolute Gasteiger partial charge is 0.251 e. The lowest BCUT2D eigenvalue weighted by Gasteiger charge is -2.43. The highest BCUT2D eigenvalue weighted by Crippen LogP contribution is 2.25. The second-order valence-electron chi connectivity index (χ2n) is 10.0. The molecule has 1 unspecified atom stereocenters. The summed E-state index contributed by atoms with van der Waals surface area (Å²) in [6.07, 6.45) is 5.11. The minimum absolute atomic E-state index is 0.00120. The van der Waals surface area contributed by atoms with Crippen LogP contribution < -0.4 is 10.2 Å². The van der Waals surface area contributed by atoms with Crippen molar-refractivity contribution in [3.8, 4) is 0 Å². The third-order valence-electron chi connectivity index (χ3n) is 7.79.